The van der Waals surface area contributed by atoms with Crippen LogP contribution in [0.15, 0.2) is 24.5 Å². The Morgan fingerprint density at radius 2 is 1.73 bits per heavy atom. The summed E-state index contributed by atoms with van der Waals surface area (Å²) in [5.74, 6) is 0.0733. The molecule has 1 unspecified atom stereocenters. The average molecular weight is 357 g/mol. The van der Waals surface area contributed by atoms with Gasteiger partial charge in [0.2, 0.25) is 5.91 Å². The largest absolute Gasteiger partial charge is 0.393 e. The molecule has 4 rings (SSSR count). The number of carbonyl (C=O) groups excluding carboxylic acids is 2. The zero-order valence-corrected chi connectivity index (χ0v) is 15.1. The van der Waals surface area contributed by atoms with Gasteiger partial charge >= 0.3 is 0 Å². The molecule has 1 aromatic rings. The van der Waals surface area contributed by atoms with E-state index in [4.69, 9.17) is 0 Å². The Morgan fingerprint density at radius 3 is 2.42 bits per heavy atom. The summed E-state index contributed by atoms with van der Waals surface area (Å²) >= 11 is 0. The number of nitrogens with zero attached hydrogens (tertiary/aromatic N) is 3. The number of amides is 2. The number of aliphatic hydroxyl groups excluding tert-OH is 1. The van der Waals surface area contributed by atoms with Gasteiger partial charge in [-0.15, -0.1) is 0 Å². The normalized spacial score (nSPS) is 32.3. The van der Waals surface area contributed by atoms with Gasteiger partial charge in [-0.05, 0) is 63.5 Å². The van der Waals surface area contributed by atoms with Crippen LogP contribution in [-0.4, -0.2) is 62.5 Å². The minimum atomic E-state index is -0.672. The molecule has 0 bridgehead atoms. The van der Waals surface area contributed by atoms with Crippen molar-refractivity contribution in [2.24, 2.45) is 0 Å². The van der Waals surface area contributed by atoms with Crippen molar-refractivity contribution >= 4 is 11.8 Å². The first-order valence-electron chi connectivity index (χ1n) is 9.83. The van der Waals surface area contributed by atoms with Crippen molar-refractivity contribution < 1.29 is 14.7 Å². The molecule has 2 amide bonds. The number of hydrogen-bond donors (Lipinski definition) is 1. The lowest BCUT2D eigenvalue weighted by atomic mass is 9.82. The quantitative estimate of drug-likeness (QED) is 0.878. The summed E-state index contributed by atoms with van der Waals surface area (Å²) in [5.41, 5.74) is -0.0683. The molecule has 3 heterocycles. The topological polar surface area (TPSA) is 73.7 Å². The van der Waals surface area contributed by atoms with Crippen LogP contribution in [0.4, 0.5) is 0 Å². The maximum atomic E-state index is 13.5. The number of likely N-dealkylation sites (tertiary alicyclic amines) is 2. The molecule has 1 spiro atoms. The van der Waals surface area contributed by atoms with Crippen LogP contribution in [0.25, 0.3) is 0 Å². The van der Waals surface area contributed by atoms with Crippen molar-refractivity contribution in [1.82, 2.24) is 14.8 Å². The molecule has 3 fully saturated rings. The fraction of sp³-hybridized carbons (Fsp3) is 0.650. The van der Waals surface area contributed by atoms with Gasteiger partial charge in [0.1, 0.15) is 5.54 Å². The molecule has 1 N–H and O–H groups in total. The van der Waals surface area contributed by atoms with E-state index < -0.39 is 5.54 Å². The Morgan fingerprint density at radius 1 is 1.08 bits per heavy atom. The molecule has 26 heavy (non-hydrogen) atoms. The number of aliphatic hydroxyl groups is 1. The smallest absolute Gasteiger partial charge is 0.254 e. The van der Waals surface area contributed by atoms with E-state index in [9.17, 15) is 14.7 Å². The highest BCUT2D eigenvalue weighted by atomic mass is 16.3. The van der Waals surface area contributed by atoms with Crippen molar-refractivity contribution in [3.63, 3.8) is 0 Å². The van der Waals surface area contributed by atoms with Gasteiger partial charge in [-0.2, -0.15) is 0 Å². The van der Waals surface area contributed by atoms with Crippen LogP contribution >= 0.6 is 0 Å². The van der Waals surface area contributed by atoms with Gasteiger partial charge in [-0.3, -0.25) is 14.6 Å². The Balaban J connectivity index is 1.57. The lowest BCUT2D eigenvalue weighted by Gasteiger charge is -2.48. The van der Waals surface area contributed by atoms with E-state index in [1.54, 1.807) is 24.5 Å². The second-order valence-corrected chi connectivity index (χ2v) is 7.89. The Kier molecular flexibility index (Phi) is 4.69. The Hall–Kier alpha value is -1.95. The Bertz CT molecular complexity index is 672. The number of hydrogen-bond acceptors (Lipinski definition) is 4. The average Bonchev–Trinajstić information content (AvgIpc) is 3.09. The van der Waals surface area contributed by atoms with Crippen LogP contribution in [0, 0.1) is 0 Å². The summed E-state index contributed by atoms with van der Waals surface area (Å²) in [6.45, 7) is 1.42. The molecule has 6 nitrogen and oxygen atoms in total. The summed E-state index contributed by atoms with van der Waals surface area (Å²) in [5, 5.41) is 9.78. The molecule has 140 valence electrons. The van der Waals surface area contributed by atoms with Crippen LogP contribution in [0.3, 0.4) is 0 Å². The zero-order valence-electron chi connectivity index (χ0n) is 15.1. The van der Waals surface area contributed by atoms with Gasteiger partial charge < -0.3 is 14.9 Å². The summed E-state index contributed by atoms with van der Waals surface area (Å²) in [6, 6.07) is 3.66. The van der Waals surface area contributed by atoms with Crippen LogP contribution in [0.2, 0.25) is 0 Å². The van der Waals surface area contributed by atoms with Crippen molar-refractivity contribution in [3.05, 3.63) is 30.1 Å². The van der Waals surface area contributed by atoms with Crippen molar-refractivity contribution in [2.75, 3.05) is 13.1 Å². The molecule has 1 saturated carbocycles. The Labute approximate surface area is 154 Å². The molecule has 0 radical (unpaired) electrons. The first-order chi connectivity index (χ1) is 12.6. The SMILES string of the molecule is O=C(c1ccncc1)N1CCCC12CCCN(C1CCC(O)CC1)C2=O. The van der Waals surface area contributed by atoms with E-state index in [1.165, 1.54) is 0 Å². The molecule has 2 saturated heterocycles. The molecule has 1 aromatic heterocycles. The molecular weight excluding hydrogens is 330 g/mol. The fourth-order valence-corrected chi connectivity index (χ4v) is 5.04. The number of carbonyl (C=O) groups is 2. The highest BCUT2D eigenvalue weighted by Gasteiger charge is 2.53. The second-order valence-electron chi connectivity index (χ2n) is 7.89. The third-order valence-corrected chi connectivity index (χ3v) is 6.42. The number of aromatic nitrogens is 1. The third-order valence-electron chi connectivity index (χ3n) is 6.42. The van der Waals surface area contributed by atoms with E-state index in [0.29, 0.717) is 12.1 Å². The first kappa shape index (κ1) is 17.5. The lowest BCUT2D eigenvalue weighted by molar-refractivity contribution is -0.149. The van der Waals surface area contributed by atoms with Gasteiger partial charge in [0, 0.05) is 37.1 Å². The molecule has 1 aliphatic carbocycles. The maximum absolute atomic E-state index is 13.5. The second kappa shape index (κ2) is 6.99. The van der Waals surface area contributed by atoms with Crippen molar-refractivity contribution in [2.45, 2.75) is 69.1 Å². The zero-order chi connectivity index (χ0) is 18.1. The van der Waals surface area contributed by atoms with Crippen LogP contribution in [0.1, 0.15) is 61.7 Å². The first-order valence-corrected chi connectivity index (χ1v) is 9.83. The van der Waals surface area contributed by atoms with Crippen LogP contribution in [-0.2, 0) is 4.79 Å². The van der Waals surface area contributed by atoms with Crippen molar-refractivity contribution in [1.29, 1.82) is 0 Å². The molecule has 1 atom stereocenters. The van der Waals surface area contributed by atoms with E-state index in [0.717, 1.165) is 57.9 Å². The van der Waals surface area contributed by atoms with Gasteiger partial charge in [0.25, 0.3) is 5.91 Å². The summed E-state index contributed by atoms with van der Waals surface area (Å²) < 4.78 is 0. The van der Waals surface area contributed by atoms with Gasteiger partial charge in [0.15, 0.2) is 0 Å². The molecule has 3 aliphatic rings. The monoisotopic (exact) mass is 357 g/mol. The standard InChI is InChI=1S/C20H27N3O3/c24-17-5-3-16(4-6-17)22-13-1-9-20(19(22)26)10-2-14-23(20)18(25)15-7-11-21-12-8-15/h7-8,11-12,16-17,24H,1-6,9-10,13-14H2. The minimum absolute atomic E-state index is 0.0563. The fourth-order valence-electron chi connectivity index (χ4n) is 5.04. The van der Waals surface area contributed by atoms with Crippen LogP contribution in [0.5, 0.6) is 0 Å². The highest BCUT2D eigenvalue weighted by molar-refractivity contribution is 6.00. The third kappa shape index (κ3) is 2.90. The molecular formula is C20H27N3O3. The highest BCUT2D eigenvalue weighted by Crippen LogP contribution is 2.41. The van der Waals surface area contributed by atoms with Gasteiger partial charge in [0.05, 0.1) is 6.10 Å². The molecule has 0 aromatic carbocycles. The van der Waals surface area contributed by atoms with Gasteiger partial charge in [-0.25, -0.2) is 0 Å². The molecule has 2 aliphatic heterocycles. The number of piperidine rings is 1. The van der Waals surface area contributed by atoms with E-state index in [2.05, 4.69) is 4.98 Å². The van der Waals surface area contributed by atoms with Crippen molar-refractivity contribution in [3.8, 4) is 0 Å². The number of rotatable bonds is 2. The lowest BCUT2D eigenvalue weighted by Crippen LogP contribution is -2.63. The minimum Gasteiger partial charge on any atom is -0.393 e. The molecule has 6 heteroatoms. The van der Waals surface area contributed by atoms with Crippen LogP contribution < -0.4 is 0 Å². The maximum Gasteiger partial charge on any atom is 0.254 e. The summed E-state index contributed by atoms with van der Waals surface area (Å²) in [4.78, 5) is 34.5. The predicted molar refractivity (Wildman–Crippen MR) is 96.4 cm³/mol. The number of pyridine rings is 1. The summed E-state index contributed by atoms with van der Waals surface area (Å²) in [6.07, 6.45) is 9.60. The predicted octanol–water partition coefficient (Wildman–Crippen LogP) is 1.98. The van der Waals surface area contributed by atoms with E-state index in [1.807, 2.05) is 9.80 Å². The van der Waals surface area contributed by atoms with E-state index >= 15 is 0 Å². The summed E-state index contributed by atoms with van der Waals surface area (Å²) in [7, 11) is 0. The van der Waals surface area contributed by atoms with Gasteiger partial charge in [-0.1, -0.05) is 0 Å². The van der Waals surface area contributed by atoms with E-state index in [-0.39, 0.29) is 24.0 Å².